The minimum absolute atomic E-state index is 0.0447. The van der Waals surface area contributed by atoms with Crippen LogP contribution in [0.25, 0.3) is 0 Å². The molecule has 4 heteroatoms. The molecule has 142 valence electrons. The molecule has 4 aliphatic carbocycles. The van der Waals surface area contributed by atoms with Crippen molar-refractivity contribution in [1.82, 2.24) is 0 Å². The summed E-state index contributed by atoms with van der Waals surface area (Å²) in [6.45, 7) is 6.27. The highest BCUT2D eigenvalue weighted by Crippen LogP contribution is 2.69. The maximum absolute atomic E-state index is 11.2. The highest BCUT2D eigenvalue weighted by molar-refractivity contribution is 5.14. The van der Waals surface area contributed by atoms with E-state index in [4.69, 9.17) is 9.47 Å². The number of aliphatic hydroxyl groups is 2. The Morgan fingerprint density at radius 3 is 2.32 bits per heavy atom. The highest BCUT2D eigenvalue weighted by atomic mass is 16.7. The lowest BCUT2D eigenvalue weighted by molar-refractivity contribution is -0.256. The quantitative estimate of drug-likeness (QED) is 0.705. The normalized spacial score (nSPS) is 57.1. The summed E-state index contributed by atoms with van der Waals surface area (Å²) in [4.78, 5) is 0. The number of hydrogen-bond donors (Lipinski definition) is 2. The van der Waals surface area contributed by atoms with Gasteiger partial charge in [0.1, 0.15) is 0 Å². The molecule has 4 saturated carbocycles. The largest absolute Gasteiger partial charge is 0.393 e. The summed E-state index contributed by atoms with van der Waals surface area (Å²) in [5.41, 5.74) is 0.334. The van der Waals surface area contributed by atoms with E-state index in [-0.39, 0.29) is 28.8 Å². The van der Waals surface area contributed by atoms with E-state index in [0.717, 1.165) is 58.2 Å². The van der Waals surface area contributed by atoms with Gasteiger partial charge in [-0.05, 0) is 74.0 Å². The van der Waals surface area contributed by atoms with Gasteiger partial charge in [0.2, 0.25) is 0 Å². The van der Waals surface area contributed by atoms with E-state index in [9.17, 15) is 10.2 Å². The molecule has 0 amide bonds. The first-order valence-electron chi connectivity index (χ1n) is 10.5. The predicted octanol–water partition coefficient (Wildman–Crippen LogP) is 3.10. The number of aliphatic hydroxyl groups excluding tert-OH is 2. The standard InChI is InChI=1S/C21H34O4/c1-19-6-3-14(22)11-13(19)12-17(23)18-15(19)4-7-20(2)16(18)5-8-21(20)24-9-10-25-21/h13-18,22-23H,3-12H2,1-2H3/t13-,14-,15+,16+,17+,18-,19+,20+/m1/s1. The Labute approximate surface area is 151 Å². The van der Waals surface area contributed by atoms with E-state index in [2.05, 4.69) is 13.8 Å². The smallest absolute Gasteiger partial charge is 0.174 e. The highest BCUT2D eigenvalue weighted by Gasteiger charge is 2.68. The second kappa shape index (κ2) is 5.43. The molecule has 5 fully saturated rings. The van der Waals surface area contributed by atoms with Gasteiger partial charge in [-0.1, -0.05) is 13.8 Å². The fourth-order valence-corrected chi connectivity index (χ4v) is 8.09. The minimum Gasteiger partial charge on any atom is -0.393 e. The van der Waals surface area contributed by atoms with Crippen molar-refractivity contribution in [2.45, 2.75) is 83.2 Å². The van der Waals surface area contributed by atoms with Crippen molar-refractivity contribution in [3.05, 3.63) is 0 Å². The molecule has 1 saturated heterocycles. The van der Waals surface area contributed by atoms with Gasteiger partial charge in [-0.2, -0.15) is 0 Å². The summed E-state index contributed by atoms with van der Waals surface area (Å²) in [6.07, 6.45) is 7.85. The second-order valence-electron chi connectivity index (χ2n) is 10.2. The van der Waals surface area contributed by atoms with Crippen LogP contribution in [-0.2, 0) is 9.47 Å². The number of hydrogen-bond acceptors (Lipinski definition) is 4. The van der Waals surface area contributed by atoms with Crippen LogP contribution in [0, 0.1) is 34.5 Å². The molecule has 0 unspecified atom stereocenters. The Kier molecular flexibility index (Phi) is 3.69. The monoisotopic (exact) mass is 350 g/mol. The summed E-state index contributed by atoms with van der Waals surface area (Å²) >= 11 is 0. The molecule has 4 nitrogen and oxygen atoms in total. The van der Waals surface area contributed by atoms with Crippen molar-refractivity contribution in [2.24, 2.45) is 34.5 Å². The lowest BCUT2D eigenvalue weighted by atomic mass is 9.44. The Morgan fingerprint density at radius 1 is 0.840 bits per heavy atom. The third-order valence-corrected chi connectivity index (χ3v) is 9.45. The maximum Gasteiger partial charge on any atom is 0.174 e. The number of ether oxygens (including phenoxy) is 2. The zero-order chi connectivity index (χ0) is 17.4. The first-order valence-corrected chi connectivity index (χ1v) is 10.5. The Balaban J connectivity index is 1.49. The summed E-state index contributed by atoms with van der Waals surface area (Å²) < 4.78 is 12.4. The number of fused-ring (bicyclic) bond motifs is 6. The van der Waals surface area contributed by atoms with Crippen molar-refractivity contribution in [2.75, 3.05) is 13.2 Å². The topological polar surface area (TPSA) is 58.9 Å². The molecule has 1 aliphatic heterocycles. The molecule has 5 rings (SSSR count). The molecule has 0 aromatic carbocycles. The third kappa shape index (κ3) is 2.09. The SMILES string of the molecule is C[C@]12CC[C@@H](O)C[C@@H]1C[C@H](O)[C@@H]1[C@@H]2CC[C@@]2(C)[C@H]1CCC21OCCO1. The van der Waals surface area contributed by atoms with Crippen LogP contribution in [0.1, 0.15) is 65.2 Å². The molecule has 5 aliphatic rings. The molecule has 2 N–H and O–H groups in total. The average Bonchev–Trinajstić information content (AvgIpc) is 3.17. The van der Waals surface area contributed by atoms with Gasteiger partial charge in [0.25, 0.3) is 0 Å². The van der Waals surface area contributed by atoms with Crippen LogP contribution in [0.15, 0.2) is 0 Å². The van der Waals surface area contributed by atoms with Gasteiger partial charge in [0, 0.05) is 11.8 Å². The van der Waals surface area contributed by atoms with Gasteiger partial charge >= 0.3 is 0 Å². The molecule has 0 radical (unpaired) electrons. The Hall–Kier alpha value is -0.160. The van der Waals surface area contributed by atoms with Crippen LogP contribution in [0.2, 0.25) is 0 Å². The van der Waals surface area contributed by atoms with Crippen LogP contribution in [0.5, 0.6) is 0 Å². The predicted molar refractivity (Wildman–Crippen MR) is 93.8 cm³/mol. The van der Waals surface area contributed by atoms with Gasteiger partial charge in [0.15, 0.2) is 5.79 Å². The molecule has 0 aromatic rings. The maximum atomic E-state index is 11.2. The van der Waals surface area contributed by atoms with E-state index in [1.807, 2.05) is 0 Å². The lowest BCUT2D eigenvalue weighted by Gasteiger charge is -2.62. The molecular weight excluding hydrogens is 316 g/mol. The first kappa shape index (κ1) is 17.0. The zero-order valence-corrected chi connectivity index (χ0v) is 15.7. The fraction of sp³-hybridized carbons (Fsp3) is 1.00. The van der Waals surface area contributed by atoms with Crippen molar-refractivity contribution in [1.29, 1.82) is 0 Å². The Morgan fingerprint density at radius 2 is 1.56 bits per heavy atom. The molecule has 0 aromatic heterocycles. The summed E-state index contributed by atoms with van der Waals surface area (Å²) in [5.74, 6) is 1.56. The van der Waals surface area contributed by atoms with Crippen LogP contribution in [-0.4, -0.2) is 41.4 Å². The van der Waals surface area contributed by atoms with Crippen LogP contribution in [0.4, 0.5) is 0 Å². The third-order valence-electron chi connectivity index (χ3n) is 9.45. The van der Waals surface area contributed by atoms with Gasteiger partial charge in [0.05, 0.1) is 25.4 Å². The van der Waals surface area contributed by atoms with E-state index < -0.39 is 0 Å². The van der Waals surface area contributed by atoms with Gasteiger partial charge in [-0.3, -0.25) is 0 Å². The van der Waals surface area contributed by atoms with Crippen molar-refractivity contribution >= 4 is 0 Å². The van der Waals surface area contributed by atoms with Gasteiger partial charge in [-0.15, -0.1) is 0 Å². The molecule has 1 heterocycles. The summed E-state index contributed by atoms with van der Waals surface area (Å²) in [7, 11) is 0. The van der Waals surface area contributed by atoms with Crippen molar-refractivity contribution < 1.29 is 19.7 Å². The lowest BCUT2D eigenvalue weighted by Crippen LogP contribution is -2.60. The van der Waals surface area contributed by atoms with E-state index in [0.29, 0.717) is 23.7 Å². The zero-order valence-electron chi connectivity index (χ0n) is 15.7. The van der Waals surface area contributed by atoms with Crippen LogP contribution >= 0.6 is 0 Å². The van der Waals surface area contributed by atoms with Crippen LogP contribution in [0.3, 0.4) is 0 Å². The van der Waals surface area contributed by atoms with Crippen LogP contribution < -0.4 is 0 Å². The van der Waals surface area contributed by atoms with E-state index in [1.54, 1.807) is 0 Å². The molecule has 25 heavy (non-hydrogen) atoms. The fourth-order valence-electron chi connectivity index (χ4n) is 8.09. The Bertz CT molecular complexity index is 544. The van der Waals surface area contributed by atoms with Gasteiger partial charge < -0.3 is 19.7 Å². The van der Waals surface area contributed by atoms with Crippen molar-refractivity contribution in [3.63, 3.8) is 0 Å². The minimum atomic E-state index is -0.386. The van der Waals surface area contributed by atoms with E-state index >= 15 is 0 Å². The number of rotatable bonds is 0. The van der Waals surface area contributed by atoms with Gasteiger partial charge in [-0.25, -0.2) is 0 Å². The summed E-state index contributed by atoms with van der Waals surface area (Å²) in [6, 6.07) is 0. The van der Waals surface area contributed by atoms with E-state index in [1.165, 1.54) is 6.42 Å². The molecule has 8 atom stereocenters. The molecular formula is C21H34O4. The molecule has 1 spiro atoms. The van der Waals surface area contributed by atoms with Crippen molar-refractivity contribution in [3.8, 4) is 0 Å². The second-order valence-corrected chi connectivity index (χ2v) is 10.2. The summed E-state index contributed by atoms with van der Waals surface area (Å²) in [5, 5.41) is 21.3. The first-order chi connectivity index (χ1) is 11.9. The average molecular weight is 350 g/mol. The molecule has 0 bridgehead atoms.